The molecule has 1 amide bonds. The van der Waals surface area contributed by atoms with Gasteiger partial charge in [-0.25, -0.2) is 4.79 Å². The first-order valence-corrected chi connectivity index (χ1v) is 8.30. The van der Waals surface area contributed by atoms with E-state index in [0.717, 1.165) is 37.7 Å². The van der Waals surface area contributed by atoms with Gasteiger partial charge in [0.2, 0.25) is 5.91 Å². The van der Waals surface area contributed by atoms with Crippen LogP contribution in [0.25, 0.3) is 0 Å². The Hall–Kier alpha value is -2.10. The van der Waals surface area contributed by atoms with Gasteiger partial charge in [-0.1, -0.05) is 55.7 Å². The van der Waals surface area contributed by atoms with Crippen LogP contribution < -0.4 is 5.32 Å². The van der Waals surface area contributed by atoms with E-state index in [0.29, 0.717) is 19.3 Å². The molecule has 0 spiro atoms. The molecule has 0 radical (unpaired) electrons. The van der Waals surface area contributed by atoms with Gasteiger partial charge in [-0.05, 0) is 31.2 Å². The zero-order chi connectivity index (χ0) is 16.9. The summed E-state index contributed by atoms with van der Waals surface area (Å²) in [6.07, 6.45) is 8.27. The SMILES string of the molecule is C=CCCCCCC[C@@H](NC(=O)CCc1ccccc1)C(=O)O. The number of carbonyl (C=O) groups excluding carboxylic acids is 1. The molecule has 1 aromatic carbocycles. The second-order valence-corrected chi connectivity index (χ2v) is 5.72. The number of benzene rings is 1. The van der Waals surface area contributed by atoms with E-state index in [1.807, 2.05) is 36.4 Å². The fourth-order valence-electron chi connectivity index (χ4n) is 2.42. The second kappa shape index (κ2) is 11.5. The number of aliphatic carboxylic acids is 1. The number of carboxylic acid groups (broad SMARTS) is 1. The predicted octanol–water partition coefficient (Wildman–Crippen LogP) is 3.72. The average molecular weight is 317 g/mol. The maximum atomic E-state index is 11.9. The number of amides is 1. The average Bonchev–Trinajstić information content (AvgIpc) is 2.55. The molecule has 0 saturated carbocycles. The van der Waals surface area contributed by atoms with E-state index in [1.54, 1.807) is 0 Å². The number of nitrogens with one attached hydrogen (secondary N) is 1. The number of carboxylic acids is 1. The minimum Gasteiger partial charge on any atom is -0.480 e. The van der Waals surface area contributed by atoms with Gasteiger partial charge in [0.25, 0.3) is 0 Å². The van der Waals surface area contributed by atoms with E-state index in [4.69, 9.17) is 0 Å². The van der Waals surface area contributed by atoms with Crippen LogP contribution in [0.2, 0.25) is 0 Å². The molecule has 4 nitrogen and oxygen atoms in total. The smallest absolute Gasteiger partial charge is 0.326 e. The zero-order valence-corrected chi connectivity index (χ0v) is 13.7. The van der Waals surface area contributed by atoms with Crippen molar-refractivity contribution in [3.63, 3.8) is 0 Å². The molecule has 4 heteroatoms. The largest absolute Gasteiger partial charge is 0.480 e. The Balaban J connectivity index is 2.27. The Bertz CT molecular complexity index is 485. The first kappa shape index (κ1) is 18.9. The van der Waals surface area contributed by atoms with Crippen LogP contribution in [0.15, 0.2) is 43.0 Å². The molecule has 0 aliphatic rings. The molecule has 1 atom stereocenters. The van der Waals surface area contributed by atoms with E-state index in [1.165, 1.54) is 0 Å². The summed E-state index contributed by atoms with van der Waals surface area (Å²) in [6, 6.07) is 8.94. The van der Waals surface area contributed by atoms with Gasteiger partial charge >= 0.3 is 5.97 Å². The van der Waals surface area contributed by atoms with E-state index in [2.05, 4.69) is 11.9 Å². The molecule has 2 N–H and O–H groups in total. The molecular formula is C19H27NO3. The molecule has 1 aromatic rings. The first-order chi connectivity index (χ1) is 11.1. The Kier molecular flexibility index (Phi) is 9.45. The van der Waals surface area contributed by atoms with Gasteiger partial charge in [-0.2, -0.15) is 0 Å². The summed E-state index contributed by atoms with van der Waals surface area (Å²) in [5.74, 6) is -1.16. The van der Waals surface area contributed by atoms with E-state index < -0.39 is 12.0 Å². The van der Waals surface area contributed by atoms with Crippen LogP contribution in [0.4, 0.5) is 0 Å². The Morgan fingerprint density at radius 1 is 1.13 bits per heavy atom. The van der Waals surface area contributed by atoms with Gasteiger partial charge in [0, 0.05) is 6.42 Å². The fraction of sp³-hybridized carbons (Fsp3) is 0.474. The van der Waals surface area contributed by atoms with Gasteiger partial charge in [-0.15, -0.1) is 6.58 Å². The quantitative estimate of drug-likeness (QED) is 0.456. The highest BCUT2D eigenvalue weighted by atomic mass is 16.4. The molecule has 0 unspecified atom stereocenters. The van der Waals surface area contributed by atoms with Crippen LogP contribution >= 0.6 is 0 Å². The van der Waals surface area contributed by atoms with Gasteiger partial charge < -0.3 is 10.4 Å². The van der Waals surface area contributed by atoms with Crippen LogP contribution in [-0.2, 0) is 16.0 Å². The van der Waals surface area contributed by atoms with Crippen molar-refractivity contribution in [3.05, 3.63) is 48.6 Å². The van der Waals surface area contributed by atoms with Crippen LogP contribution in [0.1, 0.15) is 50.5 Å². The Morgan fingerprint density at radius 3 is 2.48 bits per heavy atom. The summed E-state index contributed by atoms with van der Waals surface area (Å²) in [6.45, 7) is 3.68. The number of hydrogen-bond acceptors (Lipinski definition) is 2. The van der Waals surface area contributed by atoms with Crippen molar-refractivity contribution in [2.24, 2.45) is 0 Å². The summed E-state index contributed by atoms with van der Waals surface area (Å²) in [4.78, 5) is 23.2. The van der Waals surface area contributed by atoms with Crippen LogP contribution in [-0.4, -0.2) is 23.0 Å². The van der Waals surface area contributed by atoms with Crippen LogP contribution in [0, 0.1) is 0 Å². The molecule has 0 saturated heterocycles. The lowest BCUT2D eigenvalue weighted by Gasteiger charge is -2.14. The van der Waals surface area contributed by atoms with Crippen molar-refractivity contribution in [2.75, 3.05) is 0 Å². The lowest BCUT2D eigenvalue weighted by Crippen LogP contribution is -2.40. The van der Waals surface area contributed by atoms with Gasteiger partial charge in [-0.3, -0.25) is 4.79 Å². The van der Waals surface area contributed by atoms with Gasteiger partial charge in [0.15, 0.2) is 0 Å². The minimum absolute atomic E-state index is 0.201. The van der Waals surface area contributed by atoms with Crippen molar-refractivity contribution >= 4 is 11.9 Å². The molecule has 0 fully saturated rings. The van der Waals surface area contributed by atoms with Crippen molar-refractivity contribution in [1.82, 2.24) is 5.32 Å². The van der Waals surface area contributed by atoms with E-state index >= 15 is 0 Å². The number of carbonyl (C=O) groups is 2. The van der Waals surface area contributed by atoms with E-state index in [-0.39, 0.29) is 5.91 Å². The topological polar surface area (TPSA) is 66.4 Å². The molecular weight excluding hydrogens is 290 g/mol. The van der Waals surface area contributed by atoms with Gasteiger partial charge in [0.1, 0.15) is 6.04 Å². The fourth-order valence-corrected chi connectivity index (χ4v) is 2.42. The molecule has 0 bridgehead atoms. The number of unbranched alkanes of at least 4 members (excludes halogenated alkanes) is 4. The summed E-state index contributed by atoms with van der Waals surface area (Å²) < 4.78 is 0. The Morgan fingerprint density at radius 2 is 1.83 bits per heavy atom. The molecule has 23 heavy (non-hydrogen) atoms. The molecule has 0 heterocycles. The summed E-state index contributed by atoms with van der Waals surface area (Å²) in [5, 5.41) is 11.9. The van der Waals surface area contributed by atoms with Crippen molar-refractivity contribution in [1.29, 1.82) is 0 Å². The maximum absolute atomic E-state index is 11.9. The summed E-state index contributed by atoms with van der Waals surface area (Å²) >= 11 is 0. The number of allylic oxidation sites excluding steroid dienone is 1. The molecule has 126 valence electrons. The number of rotatable bonds is 12. The van der Waals surface area contributed by atoms with Crippen molar-refractivity contribution < 1.29 is 14.7 Å². The lowest BCUT2D eigenvalue weighted by molar-refractivity contribution is -0.142. The summed E-state index contributed by atoms with van der Waals surface area (Å²) in [7, 11) is 0. The van der Waals surface area contributed by atoms with Crippen molar-refractivity contribution in [2.45, 2.75) is 57.4 Å². The highest BCUT2D eigenvalue weighted by Gasteiger charge is 2.19. The maximum Gasteiger partial charge on any atom is 0.326 e. The molecule has 0 aliphatic carbocycles. The molecule has 0 aromatic heterocycles. The Labute approximate surface area is 138 Å². The zero-order valence-electron chi connectivity index (χ0n) is 13.7. The highest BCUT2D eigenvalue weighted by Crippen LogP contribution is 2.09. The number of aryl methyl sites for hydroxylation is 1. The lowest BCUT2D eigenvalue weighted by atomic mass is 10.1. The summed E-state index contributed by atoms with van der Waals surface area (Å²) in [5.41, 5.74) is 1.08. The van der Waals surface area contributed by atoms with Crippen LogP contribution in [0.5, 0.6) is 0 Å². The highest BCUT2D eigenvalue weighted by molar-refractivity contribution is 5.83. The molecule has 0 aliphatic heterocycles. The third-order valence-corrected chi connectivity index (χ3v) is 3.77. The predicted molar refractivity (Wildman–Crippen MR) is 92.2 cm³/mol. The van der Waals surface area contributed by atoms with Crippen molar-refractivity contribution in [3.8, 4) is 0 Å². The second-order valence-electron chi connectivity index (χ2n) is 5.72. The normalized spacial score (nSPS) is 11.7. The molecule has 1 rings (SSSR count). The third-order valence-electron chi connectivity index (χ3n) is 3.77. The monoisotopic (exact) mass is 317 g/mol. The number of hydrogen-bond donors (Lipinski definition) is 2. The van der Waals surface area contributed by atoms with Gasteiger partial charge in [0.05, 0.1) is 0 Å². The first-order valence-electron chi connectivity index (χ1n) is 8.30. The standard InChI is InChI=1S/C19H27NO3/c1-2-3-4-5-6-10-13-17(19(22)23)20-18(21)15-14-16-11-8-7-9-12-16/h2,7-9,11-12,17H,1,3-6,10,13-15H2,(H,20,21)(H,22,23)/t17-/m1/s1. The van der Waals surface area contributed by atoms with E-state index in [9.17, 15) is 14.7 Å². The third kappa shape index (κ3) is 8.81. The van der Waals surface area contributed by atoms with Crippen LogP contribution in [0.3, 0.4) is 0 Å². The minimum atomic E-state index is -0.954.